The number of aromatic nitrogens is 2. The van der Waals surface area contributed by atoms with Gasteiger partial charge in [0.1, 0.15) is 16.3 Å². The number of fused-ring (bicyclic) bond motifs is 1. The van der Waals surface area contributed by atoms with Crippen LogP contribution in [0.4, 0.5) is 4.79 Å². The maximum atomic E-state index is 13.9. The molecule has 3 heterocycles. The summed E-state index contributed by atoms with van der Waals surface area (Å²) in [7, 11) is 1.71. The number of aromatic carboxylic acids is 1. The summed E-state index contributed by atoms with van der Waals surface area (Å²) < 4.78 is 13.1. The number of hydrogen-bond acceptors (Lipinski definition) is 7. The SMILES string of the molecule is COCCCn1c([C@@H]2CCCN(C(=O)C[C@@H](Cc3ccc(-c4ccc(C(=O)O)s4)cc3)NC(=O)OC(C)(C)C)C2)nc2ccccc21. The van der Waals surface area contributed by atoms with E-state index in [0.29, 0.717) is 26.1 Å². The number of imidazole rings is 1. The van der Waals surface area contributed by atoms with Crippen LogP contribution < -0.4 is 5.32 Å². The van der Waals surface area contributed by atoms with Gasteiger partial charge >= 0.3 is 12.1 Å². The lowest BCUT2D eigenvalue weighted by molar-refractivity contribution is -0.133. The number of piperidine rings is 1. The van der Waals surface area contributed by atoms with Crippen molar-refractivity contribution in [3.05, 3.63) is 76.9 Å². The fraction of sp³-hybridized carbons (Fsp3) is 0.444. The van der Waals surface area contributed by atoms with Crippen LogP contribution in [-0.4, -0.2) is 76.0 Å². The van der Waals surface area contributed by atoms with E-state index in [1.807, 2.05) is 68.1 Å². The molecule has 47 heavy (non-hydrogen) atoms. The Morgan fingerprint density at radius 3 is 2.55 bits per heavy atom. The number of aryl methyl sites for hydroxylation is 1. The summed E-state index contributed by atoms with van der Waals surface area (Å²) in [5.74, 6) is 0.143. The zero-order valence-corrected chi connectivity index (χ0v) is 28.3. The van der Waals surface area contributed by atoms with E-state index >= 15 is 0 Å². The summed E-state index contributed by atoms with van der Waals surface area (Å²) >= 11 is 1.22. The summed E-state index contributed by atoms with van der Waals surface area (Å²) in [6.07, 6.45) is 2.69. The summed E-state index contributed by atoms with van der Waals surface area (Å²) in [5.41, 5.74) is 3.23. The fourth-order valence-corrected chi connectivity index (χ4v) is 6.96. The van der Waals surface area contributed by atoms with Gasteiger partial charge in [0.15, 0.2) is 0 Å². The molecule has 250 valence electrons. The second-order valence-electron chi connectivity index (χ2n) is 13.1. The number of ether oxygens (including phenoxy) is 2. The van der Waals surface area contributed by atoms with E-state index in [4.69, 9.17) is 14.5 Å². The van der Waals surface area contributed by atoms with Crippen molar-refractivity contribution in [2.45, 2.75) is 77.0 Å². The number of likely N-dealkylation sites (tertiary alicyclic amines) is 1. The number of para-hydroxylation sites is 2. The Kier molecular flexibility index (Phi) is 11.0. The van der Waals surface area contributed by atoms with Crippen molar-refractivity contribution in [2.24, 2.45) is 0 Å². The third-order valence-corrected chi connectivity index (χ3v) is 9.36. The number of amides is 2. The van der Waals surface area contributed by atoms with Crippen molar-refractivity contribution in [1.29, 1.82) is 0 Å². The minimum atomic E-state index is -0.945. The van der Waals surface area contributed by atoms with Crippen LogP contribution in [0.1, 0.15) is 73.4 Å². The van der Waals surface area contributed by atoms with E-state index in [1.54, 1.807) is 19.2 Å². The molecule has 2 N–H and O–H groups in total. The van der Waals surface area contributed by atoms with Crippen molar-refractivity contribution in [2.75, 3.05) is 26.8 Å². The molecule has 11 heteroatoms. The normalized spacial score (nSPS) is 15.8. The monoisotopic (exact) mass is 660 g/mol. The summed E-state index contributed by atoms with van der Waals surface area (Å²) in [6.45, 7) is 8.11. The summed E-state index contributed by atoms with van der Waals surface area (Å²) in [5, 5.41) is 12.2. The van der Waals surface area contributed by atoms with Gasteiger partial charge in [-0.25, -0.2) is 14.6 Å². The Balaban J connectivity index is 1.30. The van der Waals surface area contributed by atoms with Gasteiger partial charge < -0.3 is 29.4 Å². The molecule has 2 aromatic heterocycles. The molecule has 2 amide bonds. The van der Waals surface area contributed by atoms with E-state index in [9.17, 15) is 19.5 Å². The van der Waals surface area contributed by atoms with Crippen molar-refractivity contribution >= 4 is 40.3 Å². The fourth-order valence-electron chi connectivity index (χ4n) is 6.11. The number of alkyl carbamates (subject to hydrolysis) is 1. The third kappa shape index (κ3) is 8.99. The second kappa shape index (κ2) is 15.1. The van der Waals surface area contributed by atoms with Gasteiger partial charge in [-0.2, -0.15) is 0 Å². The predicted octanol–water partition coefficient (Wildman–Crippen LogP) is 6.73. The number of nitrogens with zero attached hydrogens (tertiary/aromatic N) is 3. The van der Waals surface area contributed by atoms with Gasteiger partial charge in [0.25, 0.3) is 0 Å². The molecule has 1 saturated heterocycles. The highest BCUT2D eigenvalue weighted by molar-refractivity contribution is 7.17. The minimum Gasteiger partial charge on any atom is -0.477 e. The molecule has 0 unspecified atom stereocenters. The Morgan fingerprint density at radius 1 is 1.09 bits per heavy atom. The molecule has 2 aromatic carbocycles. The number of hydrogen-bond donors (Lipinski definition) is 2. The predicted molar refractivity (Wildman–Crippen MR) is 183 cm³/mol. The topological polar surface area (TPSA) is 123 Å². The molecule has 1 aliphatic heterocycles. The average Bonchev–Trinajstić information content (AvgIpc) is 3.67. The van der Waals surface area contributed by atoms with Crippen molar-refractivity contribution < 1.29 is 29.0 Å². The molecular formula is C36H44N4O6S. The molecule has 0 radical (unpaired) electrons. The van der Waals surface area contributed by atoms with E-state index < -0.39 is 23.7 Å². The molecule has 1 fully saturated rings. The van der Waals surface area contributed by atoms with E-state index in [2.05, 4.69) is 16.0 Å². The van der Waals surface area contributed by atoms with Crippen LogP contribution in [0.15, 0.2) is 60.7 Å². The number of carbonyl (C=O) groups excluding carboxylic acids is 2. The summed E-state index contributed by atoms with van der Waals surface area (Å²) in [6, 6.07) is 18.9. The molecular weight excluding hydrogens is 616 g/mol. The van der Waals surface area contributed by atoms with Gasteiger partial charge in [0, 0.05) is 56.6 Å². The summed E-state index contributed by atoms with van der Waals surface area (Å²) in [4.78, 5) is 46.1. The average molecular weight is 661 g/mol. The molecule has 5 rings (SSSR count). The van der Waals surface area contributed by atoms with Crippen LogP contribution in [0.2, 0.25) is 0 Å². The van der Waals surface area contributed by atoms with Crippen LogP contribution in [0.3, 0.4) is 0 Å². The first-order chi connectivity index (χ1) is 22.5. The van der Waals surface area contributed by atoms with Crippen LogP contribution in [-0.2, 0) is 27.2 Å². The molecule has 1 aliphatic rings. The Labute approximate surface area is 279 Å². The van der Waals surface area contributed by atoms with Crippen molar-refractivity contribution in [3.8, 4) is 10.4 Å². The first kappa shape index (κ1) is 34.1. The molecule has 0 spiro atoms. The zero-order valence-electron chi connectivity index (χ0n) is 27.5. The van der Waals surface area contributed by atoms with Crippen LogP contribution in [0.25, 0.3) is 21.5 Å². The number of carboxylic acid groups (broad SMARTS) is 1. The molecule has 4 aromatic rings. The minimum absolute atomic E-state index is 0.0193. The Hall–Kier alpha value is -4.22. The van der Waals surface area contributed by atoms with Crippen molar-refractivity contribution in [1.82, 2.24) is 19.8 Å². The number of benzene rings is 2. The van der Waals surface area contributed by atoms with Gasteiger partial charge in [-0.05, 0) is 81.8 Å². The van der Waals surface area contributed by atoms with E-state index in [1.165, 1.54) is 11.3 Å². The number of carboxylic acids is 1. The number of thiophene rings is 1. The standard InChI is InChI=1S/C36H44N4O6S/c1-36(2,3)46-35(44)37-27(21-24-12-14-25(15-13-24)30-16-17-31(47-30)34(42)43)22-32(41)39-18-7-9-26(23-39)33-38-28-10-5-6-11-29(28)40(33)19-8-20-45-4/h5-6,10-17,26-27H,7-9,18-23H2,1-4H3,(H,37,44)(H,42,43)/t26-,27-/m1/s1. The van der Waals surface area contributed by atoms with Gasteiger partial charge in [0.05, 0.1) is 11.0 Å². The first-order valence-electron chi connectivity index (χ1n) is 16.1. The maximum absolute atomic E-state index is 13.9. The third-order valence-electron chi connectivity index (χ3n) is 8.23. The number of methoxy groups -OCH3 is 1. The molecule has 0 bridgehead atoms. The lowest BCUT2D eigenvalue weighted by atomic mass is 9.95. The first-order valence-corrected chi connectivity index (χ1v) is 17.0. The lowest BCUT2D eigenvalue weighted by Gasteiger charge is -2.34. The largest absolute Gasteiger partial charge is 0.477 e. The van der Waals surface area contributed by atoms with Gasteiger partial charge in [0.2, 0.25) is 5.91 Å². The van der Waals surface area contributed by atoms with Crippen molar-refractivity contribution in [3.63, 3.8) is 0 Å². The highest BCUT2D eigenvalue weighted by Crippen LogP contribution is 2.31. The van der Waals surface area contributed by atoms with Gasteiger partial charge in [-0.1, -0.05) is 36.4 Å². The van der Waals surface area contributed by atoms with Gasteiger partial charge in [-0.3, -0.25) is 4.79 Å². The zero-order chi connectivity index (χ0) is 33.6. The van der Waals surface area contributed by atoms with E-state index in [-0.39, 0.29) is 23.1 Å². The molecule has 0 aliphatic carbocycles. The molecule has 10 nitrogen and oxygen atoms in total. The Bertz CT molecular complexity index is 1690. The lowest BCUT2D eigenvalue weighted by Crippen LogP contribution is -2.46. The Morgan fingerprint density at radius 2 is 1.85 bits per heavy atom. The highest BCUT2D eigenvalue weighted by Gasteiger charge is 2.30. The highest BCUT2D eigenvalue weighted by atomic mass is 32.1. The van der Waals surface area contributed by atoms with Crippen LogP contribution in [0, 0.1) is 0 Å². The molecule has 2 atom stereocenters. The second-order valence-corrected chi connectivity index (χ2v) is 14.1. The smallest absolute Gasteiger partial charge is 0.407 e. The number of carbonyl (C=O) groups is 3. The van der Waals surface area contributed by atoms with Crippen LogP contribution in [0.5, 0.6) is 0 Å². The molecule has 0 saturated carbocycles. The quantitative estimate of drug-likeness (QED) is 0.162. The number of nitrogens with one attached hydrogen (secondary N) is 1. The number of rotatable bonds is 12. The van der Waals surface area contributed by atoms with E-state index in [0.717, 1.165) is 58.7 Å². The maximum Gasteiger partial charge on any atom is 0.407 e. The van der Waals surface area contributed by atoms with Gasteiger partial charge in [-0.15, -0.1) is 11.3 Å². The van der Waals surface area contributed by atoms with Crippen LogP contribution >= 0.6 is 11.3 Å².